The summed E-state index contributed by atoms with van der Waals surface area (Å²) < 4.78 is 6.00. The van der Waals surface area contributed by atoms with Crippen molar-refractivity contribution < 1.29 is 4.74 Å². The summed E-state index contributed by atoms with van der Waals surface area (Å²) in [5.41, 5.74) is 4.18. The molecule has 0 saturated heterocycles. The molecule has 0 aromatic heterocycles. The number of hydrogen-bond acceptors (Lipinski definition) is 2. The van der Waals surface area contributed by atoms with Gasteiger partial charge in [-0.25, -0.2) is 0 Å². The lowest BCUT2D eigenvalue weighted by molar-refractivity contribution is 0.0210. The van der Waals surface area contributed by atoms with E-state index in [1.54, 1.807) is 0 Å². The Morgan fingerprint density at radius 3 is 2.63 bits per heavy atom. The zero-order valence-electron chi connectivity index (χ0n) is 12.7. The SMILES string of the molecule is CCOC(C1CC1)C(Cc1cc(C)ccc1C)NC. The standard InChI is InChI=1S/C17H27NO/c1-5-19-17(14-8-9-14)16(18-4)11-15-10-12(2)6-7-13(15)3/h6-7,10,14,16-18H,5,8-9,11H2,1-4H3. The van der Waals surface area contributed by atoms with Crippen LogP contribution in [-0.4, -0.2) is 25.8 Å². The Morgan fingerprint density at radius 2 is 2.05 bits per heavy atom. The average Bonchev–Trinajstić information content (AvgIpc) is 3.22. The van der Waals surface area contributed by atoms with E-state index in [9.17, 15) is 0 Å². The largest absolute Gasteiger partial charge is 0.377 e. The Balaban J connectivity index is 2.10. The fourth-order valence-corrected chi connectivity index (χ4v) is 2.84. The Morgan fingerprint density at radius 1 is 1.32 bits per heavy atom. The molecule has 1 aliphatic rings. The third kappa shape index (κ3) is 3.80. The van der Waals surface area contributed by atoms with Crippen LogP contribution in [0.1, 0.15) is 36.5 Å². The number of aryl methyl sites for hydroxylation is 2. The molecule has 1 N–H and O–H groups in total. The zero-order valence-corrected chi connectivity index (χ0v) is 12.7. The van der Waals surface area contributed by atoms with Crippen LogP contribution in [0.2, 0.25) is 0 Å². The highest BCUT2D eigenvalue weighted by molar-refractivity contribution is 5.31. The Labute approximate surface area is 117 Å². The van der Waals surface area contributed by atoms with Gasteiger partial charge < -0.3 is 10.1 Å². The van der Waals surface area contributed by atoms with Crippen LogP contribution in [0, 0.1) is 19.8 Å². The molecule has 2 heteroatoms. The van der Waals surface area contributed by atoms with Gasteiger partial charge in [-0.2, -0.15) is 0 Å². The van der Waals surface area contributed by atoms with Gasteiger partial charge in [0.2, 0.25) is 0 Å². The maximum Gasteiger partial charge on any atom is 0.0759 e. The first kappa shape index (κ1) is 14.5. The van der Waals surface area contributed by atoms with Crippen LogP contribution in [0.4, 0.5) is 0 Å². The van der Waals surface area contributed by atoms with E-state index in [1.807, 2.05) is 0 Å². The lowest BCUT2D eigenvalue weighted by Crippen LogP contribution is -2.42. The van der Waals surface area contributed by atoms with E-state index >= 15 is 0 Å². The Bertz CT molecular complexity index is 412. The molecule has 2 rings (SSSR count). The van der Waals surface area contributed by atoms with Gasteiger partial charge >= 0.3 is 0 Å². The predicted molar refractivity (Wildman–Crippen MR) is 80.6 cm³/mol. The smallest absolute Gasteiger partial charge is 0.0759 e. The van der Waals surface area contributed by atoms with Gasteiger partial charge in [0, 0.05) is 12.6 Å². The molecule has 0 heterocycles. The van der Waals surface area contributed by atoms with E-state index < -0.39 is 0 Å². The molecule has 1 fully saturated rings. The van der Waals surface area contributed by atoms with Crippen molar-refractivity contribution in [2.24, 2.45) is 5.92 Å². The summed E-state index contributed by atoms with van der Waals surface area (Å²) in [6.45, 7) is 7.28. The number of likely N-dealkylation sites (N-methyl/N-ethyl adjacent to an activating group) is 1. The molecule has 1 saturated carbocycles. The molecule has 19 heavy (non-hydrogen) atoms. The fraction of sp³-hybridized carbons (Fsp3) is 0.647. The highest BCUT2D eigenvalue weighted by atomic mass is 16.5. The van der Waals surface area contributed by atoms with Crippen molar-refractivity contribution in [2.45, 2.75) is 52.2 Å². The molecule has 2 nitrogen and oxygen atoms in total. The molecule has 0 bridgehead atoms. The Hall–Kier alpha value is -0.860. The number of benzene rings is 1. The Kier molecular flexibility index (Phi) is 5.00. The molecule has 2 unspecified atom stereocenters. The maximum absolute atomic E-state index is 6.00. The van der Waals surface area contributed by atoms with Crippen LogP contribution in [-0.2, 0) is 11.2 Å². The van der Waals surface area contributed by atoms with Gasteiger partial charge in [0.1, 0.15) is 0 Å². The maximum atomic E-state index is 6.00. The van der Waals surface area contributed by atoms with E-state index in [4.69, 9.17) is 4.74 Å². The van der Waals surface area contributed by atoms with Crippen molar-refractivity contribution in [3.8, 4) is 0 Å². The highest BCUT2D eigenvalue weighted by Crippen LogP contribution is 2.36. The second-order valence-corrected chi connectivity index (χ2v) is 5.79. The fourth-order valence-electron chi connectivity index (χ4n) is 2.84. The third-order valence-corrected chi connectivity index (χ3v) is 4.16. The normalized spacial score (nSPS) is 18.3. The van der Waals surface area contributed by atoms with E-state index in [1.165, 1.54) is 29.5 Å². The first-order valence-electron chi connectivity index (χ1n) is 7.50. The molecule has 0 spiro atoms. The van der Waals surface area contributed by atoms with Gasteiger partial charge in [-0.3, -0.25) is 0 Å². The lowest BCUT2D eigenvalue weighted by Gasteiger charge is -2.27. The second kappa shape index (κ2) is 6.53. The molecule has 1 aromatic carbocycles. The quantitative estimate of drug-likeness (QED) is 0.813. The molecule has 1 aliphatic carbocycles. The summed E-state index contributed by atoms with van der Waals surface area (Å²) in [5.74, 6) is 0.766. The van der Waals surface area contributed by atoms with Crippen molar-refractivity contribution in [3.05, 3.63) is 34.9 Å². The average molecular weight is 261 g/mol. The van der Waals surface area contributed by atoms with Crippen LogP contribution in [0.5, 0.6) is 0 Å². The van der Waals surface area contributed by atoms with Gasteiger partial charge in [0.15, 0.2) is 0 Å². The summed E-state index contributed by atoms with van der Waals surface area (Å²) in [6.07, 6.45) is 4.09. The van der Waals surface area contributed by atoms with Crippen LogP contribution < -0.4 is 5.32 Å². The summed E-state index contributed by atoms with van der Waals surface area (Å²) in [7, 11) is 2.06. The van der Waals surface area contributed by atoms with Gasteiger partial charge in [-0.15, -0.1) is 0 Å². The summed E-state index contributed by atoms with van der Waals surface area (Å²) in [4.78, 5) is 0. The van der Waals surface area contributed by atoms with Crippen molar-refractivity contribution >= 4 is 0 Å². The summed E-state index contributed by atoms with van der Waals surface area (Å²) in [6, 6.07) is 7.15. The number of nitrogens with one attached hydrogen (secondary N) is 1. The van der Waals surface area contributed by atoms with E-state index in [0.29, 0.717) is 12.1 Å². The minimum atomic E-state index is 0.370. The van der Waals surface area contributed by atoms with Gasteiger partial charge in [0.05, 0.1) is 6.10 Å². The van der Waals surface area contributed by atoms with Gasteiger partial charge in [-0.1, -0.05) is 23.8 Å². The van der Waals surface area contributed by atoms with E-state index in [2.05, 4.69) is 51.3 Å². The zero-order chi connectivity index (χ0) is 13.8. The van der Waals surface area contributed by atoms with Crippen LogP contribution in [0.15, 0.2) is 18.2 Å². The van der Waals surface area contributed by atoms with E-state index in [-0.39, 0.29) is 0 Å². The summed E-state index contributed by atoms with van der Waals surface area (Å²) in [5, 5.41) is 3.48. The molecule has 0 amide bonds. The molecular weight excluding hydrogens is 234 g/mol. The van der Waals surface area contributed by atoms with Crippen LogP contribution in [0.25, 0.3) is 0 Å². The van der Waals surface area contributed by atoms with Crippen LogP contribution >= 0.6 is 0 Å². The van der Waals surface area contributed by atoms with Crippen molar-refractivity contribution in [3.63, 3.8) is 0 Å². The predicted octanol–water partition coefficient (Wildman–Crippen LogP) is 3.25. The summed E-state index contributed by atoms with van der Waals surface area (Å²) >= 11 is 0. The highest BCUT2D eigenvalue weighted by Gasteiger charge is 2.36. The molecule has 1 aromatic rings. The molecule has 2 atom stereocenters. The monoisotopic (exact) mass is 261 g/mol. The minimum absolute atomic E-state index is 0.370. The van der Waals surface area contributed by atoms with Crippen molar-refractivity contribution in [2.75, 3.05) is 13.7 Å². The topological polar surface area (TPSA) is 21.3 Å². The lowest BCUT2D eigenvalue weighted by atomic mass is 9.94. The number of ether oxygens (including phenoxy) is 1. The first-order valence-corrected chi connectivity index (χ1v) is 7.50. The molecular formula is C17H27NO. The van der Waals surface area contributed by atoms with Crippen molar-refractivity contribution in [1.82, 2.24) is 5.32 Å². The minimum Gasteiger partial charge on any atom is -0.377 e. The van der Waals surface area contributed by atoms with Crippen molar-refractivity contribution in [1.29, 1.82) is 0 Å². The first-order chi connectivity index (χ1) is 9.15. The third-order valence-electron chi connectivity index (χ3n) is 4.16. The molecule has 0 radical (unpaired) electrons. The number of hydrogen-bond donors (Lipinski definition) is 1. The number of rotatable bonds is 7. The van der Waals surface area contributed by atoms with Gasteiger partial charge in [-0.05, 0) is 64.1 Å². The molecule has 0 aliphatic heterocycles. The van der Waals surface area contributed by atoms with E-state index in [0.717, 1.165) is 18.9 Å². The molecule has 106 valence electrons. The van der Waals surface area contributed by atoms with Crippen LogP contribution in [0.3, 0.4) is 0 Å². The van der Waals surface area contributed by atoms with Gasteiger partial charge in [0.25, 0.3) is 0 Å². The second-order valence-electron chi connectivity index (χ2n) is 5.79.